The number of hydrogen-bond acceptors (Lipinski definition) is 5. The molecule has 24 heavy (non-hydrogen) atoms. The van der Waals surface area contributed by atoms with Crippen LogP contribution in [0.1, 0.15) is 11.1 Å². The van der Waals surface area contributed by atoms with Crippen molar-refractivity contribution in [3.05, 3.63) is 60.5 Å². The lowest BCUT2D eigenvalue weighted by Crippen LogP contribution is -2.05. The molecule has 5 nitrogen and oxygen atoms in total. The Balaban J connectivity index is 2.22. The number of aromatic nitrogens is 1. The lowest BCUT2D eigenvalue weighted by atomic mass is 10.1. The van der Waals surface area contributed by atoms with Gasteiger partial charge in [0.15, 0.2) is 11.0 Å². The standard InChI is InChI=1S/C18H15NO4S/c1-22-13-10-6-5-9-12(13)14-15(11-7-3-2-4-8-11)23-17(19-14)16(24)18(20)21/h2-10,16,24H,1H3,(H,20,21). The summed E-state index contributed by atoms with van der Waals surface area (Å²) in [5.74, 6) is 0.0207. The van der Waals surface area contributed by atoms with Gasteiger partial charge in [0.05, 0.1) is 7.11 Å². The van der Waals surface area contributed by atoms with Gasteiger partial charge in [0.1, 0.15) is 11.4 Å². The Labute approximate surface area is 144 Å². The van der Waals surface area contributed by atoms with Crippen molar-refractivity contribution in [2.75, 3.05) is 7.11 Å². The fourth-order valence-corrected chi connectivity index (χ4v) is 2.48. The van der Waals surface area contributed by atoms with Crippen molar-refractivity contribution in [3.8, 4) is 28.3 Å². The average Bonchev–Trinajstić information content (AvgIpc) is 3.06. The second-order valence-corrected chi connectivity index (χ2v) is 5.55. The number of para-hydroxylation sites is 1. The number of hydrogen-bond donors (Lipinski definition) is 2. The third-order valence-electron chi connectivity index (χ3n) is 3.51. The highest BCUT2D eigenvalue weighted by atomic mass is 32.1. The summed E-state index contributed by atoms with van der Waals surface area (Å²) in [7, 11) is 1.57. The van der Waals surface area contributed by atoms with Crippen LogP contribution in [0.25, 0.3) is 22.6 Å². The Morgan fingerprint density at radius 3 is 2.50 bits per heavy atom. The van der Waals surface area contributed by atoms with Gasteiger partial charge in [-0.2, -0.15) is 12.6 Å². The van der Waals surface area contributed by atoms with Gasteiger partial charge in [0, 0.05) is 11.1 Å². The van der Waals surface area contributed by atoms with Crippen molar-refractivity contribution in [1.29, 1.82) is 0 Å². The number of thiol groups is 1. The van der Waals surface area contributed by atoms with Gasteiger partial charge < -0.3 is 14.3 Å². The topological polar surface area (TPSA) is 72.6 Å². The maximum Gasteiger partial charge on any atom is 0.325 e. The van der Waals surface area contributed by atoms with Crippen molar-refractivity contribution in [2.45, 2.75) is 5.25 Å². The molecule has 0 amide bonds. The molecular formula is C18H15NO4S. The zero-order valence-electron chi connectivity index (χ0n) is 12.8. The van der Waals surface area contributed by atoms with E-state index in [9.17, 15) is 9.90 Å². The maximum atomic E-state index is 11.2. The van der Waals surface area contributed by atoms with Crippen molar-refractivity contribution in [1.82, 2.24) is 4.98 Å². The fraction of sp³-hybridized carbons (Fsp3) is 0.111. The Morgan fingerprint density at radius 1 is 1.17 bits per heavy atom. The Hall–Kier alpha value is -2.73. The molecule has 3 rings (SSSR count). The lowest BCUT2D eigenvalue weighted by Gasteiger charge is -2.07. The number of methoxy groups -OCH3 is 1. The van der Waals surface area contributed by atoms with Gasteiger partial charge in [0.25, 0.3) is 0 Å². The number of aliphatic carboxylic acids is 1. The number of carbonyl (C=O) groups is 1. The summed E-state index contributed by atoms with van der Waals surface area (Å²) in [6, 6.07) is 16.8. The van der Waals surface area contributed by atoms with Crippen LogP contribution < -0.4 is 4.74 Å². The van der Waals surface area contributed by atoms with Crippen molar-refractivity contribution >= 4 is 18.6 Å². The second kappa shape index (κ2) is 6.80. The van der Waals surface area contributed by atoms with E-state index in [1.54, 1.807) is 7.11 Å². The molecule has 0 radical (unpaired) electrons. The monoisotopic (exact) mass is 341 g/mol. The van der Waals surface area contributed by atoms with E-state index in [4.69, 9.17) is 9.15 Å². The summed E-state index contributed by atoms with van der Waals surface area (Å²) in [4.78, 5) is 15.6. The molecule has 0 saturated carbocycles. The molecule has 0 bridgehead atoms. The van der Waals surface area contributed by atoms with E-state index < -0.39 is 11.2 Å². The number of ether oxygens (including phenoxy) is 1. The summed E-state index contributed by atoms with van der Waals surface area (Å²) < 4.78 is 11.1. The molecule has 1 unspecified atom stereocenters. The summed E-state index contributed by atoms with van der Waals surface area (Å²) in [6.07, 6.45) is 0. The molecule has 0 spiro atoms. The SMILES string of the molecule is COc1ccccc1-c1nc(C(S)C(=O)O)oc1-c1ccccc1. The molecular weight excluding hydrogens is 326 g/mol. The molecule has 6 heteroatoms. The molecule has 0 aliphatic heterocycles. The van der Waals surface area contributed by atoms with Crippen LogP contribution in [0.15, 0.2) is 59.0 Å². The minimum absolute atomic E-state index is 0.0330. The zero-order valence-corrected chi connectivity index (χ0v) is 13.7. The fourth-order valence-electron chi connectivity index (χ4n) is 2.37. The number of benzene rings is 2. The Morgan fingerprint density at radius 2 is 1.83 bits per heavy atom. The molecule has 1 N–H and O–H groups in total. The van der Waals surface area contributed by atoms with E-state index >= 15 is 0 Å². The molecule has 1 heterocycles. The van der Waals surface area contributed by atoms with Gasteiger partial charge >= 0.3 is 5.97 Å². The molecule has 1 aromatic heterocycles. The largest absolute Gasteiger partial charge is 0.496 e. The van der Waals surface area contributed by atoms with E-state index in [1.165, 1.54) is 0 Å². The van der Waals surface area contributed by atoms with Crippen LogP contribution in [0.3, 0.4) is 0 Å². The van der Waals surface area contributed by atoms with Gasteiger partial charge in [-0.15, -0.1) is 0 Å². The van der Waals surface area contributed by atoms with Crippen molar-refractivity contribution in [2.24, 2.45) is 0 Å². The molecule has 0 aliphatic rings. The highest BCUT2D eigenvalue weighted by molar-refractivity contribution is 7.81. The predicted molar refractivity (Wildman–Crippen MR) is 93.3 cm³/mol. The van der Waals surface area contributed by atoms with Crippen molar-refractivity contribution < 1.29 is 19.1 Å². The number of nitrogens with zero attached hydrogens (tertiary/aromatic N) is 1. The third-order valence-corrected chi connectivity index (χ3v) is 3.95. The van der Waals surface area contributed by atoms with Gasteiger partial charge in [-0.3, -0.25) is 4.79 Å². The van der Waals surface area contributed by atoms with E-state index in [0.717, 1.165) is 11.1 Å². The molecule has 3 aromatic rings. The molecule has 0 fully saturated rings. The normalized spacial score (nSPS) is 11.9. The van der Waals surface area contributed by atoms with Crippen LogP contribution >= 0.6 is 12.6 Å². The van der Waals surface area contributed by atoms with E-state index in [-0.39, 0.29) is 5.89 Å². The lowest BCUT2D eigenvalue weighted by molar-refractivity contribution is -0.136. The van der Waals surface area contributed by atoms with Crippen LogP contribution in [0.4, 0.5) is 0 Å². The number of oxazole rings is 1. The van der Waals surface area contributed by atoms with Gasteiger partial charge in [0.2, 0.25) is 5.89 Å². The molecule has 2 aromatic carbocycles. The number of carboxylic acid groups (broad SMARTS) is 1. The summed E-state index contributed by atoms with van der Waals surface area (Å²) in [6.45, 7) is 0. The minimum Gasteiger partial charge on any atom is -0.496 e. The number of carboxylic acids is 1. The van der Waals surface area contributed by atoms with Crippen molar-refractivity contribution in [3.63, 3.8) is 0 Å². The second-order valence-electron chi connectivity index (χ2n) is 5.04. The van der Waals surface area contributed by atoms with Crippen LogP contribution in [0.2, 0.25) is 0 Å². The highest BCUT2D eigenvalue weighted by Crippen LogP contribution is 2.39. The van der Waals surface area contributed by atoms with Crippen LogP contribution in [-0.2, 0) is 4.79 Å². The molecule has 0 aliphatic carbocycles. The smallest absolute Gasteiger partial charge is 0.325 e. The van der Waals surface area contributed by atoms with E-state index in [1.807, 2.05) is 54.6 Å². The van der Waals surface area contributed by atoms with Gasteiger partial charge in [-0.05, 0) is 12.1 Å². The summed E-state index contributed by atoms with van der Waals surface area (Å²) in [5, 5.41) is 8.03. The first-order chi connectivity index (χ1) is 11.6. The van der Waals surface area contributed by atoms with E-state index in [0.29, 0.717) is 17.2 Å². The first kappa shape index (κ1) is 16.1. The van der Waals surface area contributed by atoms with Crippen LogP contribution in [0, 0.1) is 0 Å². The third kappa shape index (κ3) is 3.00. The molecule has 1 atom stereocenters. The predicted octanol–water partition coefficient (Wildman–Crippen LogP) is 4.07. The number of rotatable bonds is 5. The van der Waals surface area contributed by atoms with Gasteiger partial charge in [-0.1, -0.05) is 42.5 Å². The molecule has 122 valence electrons. The first-order valence-electron chi connectivity index (χ1n) is 7.22. The van der Waals surface area contributed by atoms with Crippen LogP contribution in [-0.4, -0.2) is 23.2 Å². The minimum atomic E-state index is -1.14. The Kier molecular flexibility index (Phi) is 4.57. The highest BCUT2D eigenvalue weighted by Gasteiger charge is 2.26. The summed E-state index contributed by atoms with van der Waals surface area (Å²) in [5.41, 5.74) is 2.04. The first-order valence-corrected chi connectivity index (χ1v) is 7.74. The van der Waals surface area contributed by atoms with Gasteiger partial charge in [-0.25, -0.2) is 4.98 Å². The summed E-state index contributed by atoms with van der Waals surface area (Å²) >= 11 is 4.06. The average molecular weight is 341 g/mol. The van der Waals surface area contributed by atoms with E-state index in [2.05, 4.69) is 17.6 Å². The van der Waals surface area contributed by atoms with Crippen LogP contribution in [0.5, 0.6) is 5.75 Å². The quantitative estimate of drug-likeness (QED) is 0.684. The maximum absolute atomic E-state index is 11.2. The Bertz CT molecular complexity index is 860. The zero-order chi connectivity index (χ0) is 17.1. The molecule has 0 saturated heterocycles.